The van der Waals surface area contributed by atoms with Crippen molar-refractivity contribution in [3.63, 3.8) is 0 Å². The second kappa shape index (κ2) is 7.04. The lowest BCUT2D eigenvalue weighted by Gasteiger charge is -2.33. The van der Waals surface area contributed by atoms with Gasteiger partial charge in [-0.25, -0.2) is 0 Å². The van der Waals surface area contributed by atoms with Crippen LogP contribution in [0.5, 0.6) is 0 Å². The van der Waals surface area contributed by atoms with Crippen molar-refractivity contribution in [2.45, 2.75) is 39.2 Å². The number of aliphatic hydroxyl groups is 1. The lowest BCUT2D eigenvalue weighted by molar-refractivity contribution is -0.146. The highest BCUT2D eigenvalue weighted by Crippen LogP contribution is 2.17. The minimum absolute atomic E-state index is 0.0138. The fraction of sp³-hybridized carbons (Fsp3) is 0.857. The molecule has 1 rings (SSSR count). The average Bonchev–Trinajstić information content (AvgIpc) is 2.36. The summed E-state index contributed by atoms with van der Waals surface area (Å²) in [7, 11) is 0. The highest BCUT2D eigenvalue weighted by molar-refractivity contribution is 5.79. The van der Waals surface area contributed by atoms with Gasteiger partial charge in [0, 0.05) is 19.6 Å². The lowest BCUT2D eigenvalue weighted by atomic mass is 9.97. The zero-order valence-electron chi connectivity index (χ0n) is 12.6. The van der Waals surface area contributed by atoms with Crippen molar-refractivity contribution in [2.75, 3.05) is 32.7 Å². The normalized spacial score (nSPS) is 17.6. The molecule has 2 N–H and O–H groups in total. The molecule has 1 aliphatic heterocycles. The zero-order valence-corrected chi connectivity index (χ0v) is 12.6. The number of carboxylic acid groups (broad SMARTS) is 1. The Hall–Kier alpha value is -1.14. The van der Waals surface area contributed by atoms with Gasteiger partial charge in [0.25, 0.3) is 0 Å². The summed E-state index contributed by atoms with van der Waals surface area (Å²) < 4.78 is 0. The van der Waals surface area contributed by atoms with Gasteiger partial charge in [0.2, 0.25) is 5.91 Å². The Morgan fingerprint density at radius 3 is 2.25 bits per heavy atom. The Kier molecular flexibility index (Phi) is 5.95. The number of carboxylic acids is 1. The third kappa shape index (κ3) is 5.46. The van der Waals surface area contributed by atoms with Crippen LogP contribution in [0.2, 0.25) is 0 Å². The third-order valence-corrected chi connectivity index (χ3v) is 3.61. The van der Waals surface area contributed by atoms with Crippen LogP contribution in [0.25, 0.3) is 0 Å². The quantitative estimate of drug-likeness (QED) is 0.739. The number of amides is 1. The number of carbonyl (C=O) groups is 2. The van der Waals surface area contributed by atoms with Gasteiger partial charge in [-0.05, 0) is 33.2 Å². The van der Waals surface area contributed by atoms with E-state index in [2.05, 4.69) is 0 Å². The SMILES string of the molecule is CCN(CC(=O)N1CCC(C(=O)O)CC1)CC(C)(C)O. The first kappa shape index (κ1) is 16.9. The van der Waals surface area contributed by atoms with E-state index in [0.717, 1.165) is 0 Å². The van der Waals surface area contributed by atoms with Gasteiger partial charge < -0.3 is 15.1 Å². The zero-order chi connectivity index (χ0) is 15.3. The molecule has 0 aliphatic carbocycles. The van der Waals surface area contributed by atoms with Gasteiger partial charge in [0.1, 0.15) is 0 Å². The summed E-state index contributed by atoms with van der Waals surface area (Å²) in [6, 6.07) is 0. The van der Waals surface area contributed by atoms with E-state index >= 15 is 0 Å². The molecule has 1 fully saturated rings. The van der Waals surface area contributed by atoms with E-state index in [-0.39, 0.29) is 18.4 Å². The van der Waals surface area contributed by atoms with E-state index in [9.17, 15) is 14.7 Å². The Labute approximate surface area is 120 Å². The van der Waals surface area contributed by atoms with E-state index < -0.39 is 11.6 Å². The standard InChI is InChI=1S/C14H26N2O4/c1-4-15(10-14(2,3)20)9-12(17)16-7-5-11(6-8-16)13(18)19/h11,20H,4-10H2,1-3H3,(H,18,19). The molecule has 6 nitrogen and oxygen atoms in total. The van der Waals surface area contributed by atoms with Crippen molar-refractivity contribution in [1.29, 1.82) is 0 Å². The molecule has 0 unspecified atom stereocenters. The number of aliphatic carboxylic acids is 1. The number of hydrogen-bond donors (Lipinski definition) is 2. The van der Waals surface area contributed by atoms with Crippen molar-refractivity contribution in [1.82, 2.24) is 9.80 Å². The van der Waals surface area contributed by atoms with E-state index in [1.807, 2.05) is 11.8 Å². The van der Waals surface area contributed by atoms with E-state index in [4.69, 9.17) is 5.11 Å². The van der Waals surface area contributed by atoms with Crippen LogP contribution >= 0.6 is 0 Å². The van der Waals surface area contributed by atoms with Gasteiger partial charge in [0.15, 0.2) is 0 Å². The first-order valence-corrected chi connectivity index (χ1v) is 7.18. The van der Waals surface area contributed by atoms with Crippen LogP contribution in [0.1, 0.15) is 33.6 Å². The molecule has 6 heteroatoms. The number of piperidine rings is 1. The van der Waals surface area contributed by atoms with E-state index in [1.54, 1.807) is 18.7 Å². The molecule has 0 spiro atoms. The molecule has 0 aromatic carbocycles. The summed E-state index contributed by atoms with van der Waals surface area (Å²) in [5.41, 5.74) is -0.827. The first-order chi connectivity index (χ1) is 9.23. The summed E-state index contributed by atoms with van der Waals surface area (Å²) >= 11 is 0. The smallest absolute Gasteiger partial charge is 0.306 e. The number of hydrogen-bond acceptors (Lipinski definition) is 4. The van der Waals surface area contributed by atoms with Crippen LogP contribution in [0.15, 0.2) is 0 Å². The van der Waals surface area contributed by atoms with Crippen LogP contribution in [0.4, 0.5) is 0 Å². The van der Waals surface area contributed by atoms with Gasteiger partial charge in [-0.15, -0.1) is 0 Å². The minimum atomic E-state index is -0.827. The summed E-state index contributed by atoms with van der Waals surface area (Å²) in [4.78, 5) is 26.7. The molecule has 20 heavy (non-hydrogen) atoms. The Morgan fingerprint density at radius 1 is 1.30 bits per heavy atom. The second-order valence-electron chi connectivity index (χ2n) is 6.11. The largest absolute Gasteiger partial charge is 0.481 e. The number of rotatable bonds is 6. The molecule has 0 aromatic heterocycles. The molecule has 0 saturated carbocycles. The molecule has 0 atom stereocenters. The molecule has 0 radical (unpaired) electrons. The van der Waals surface area contributed by atoms with Crippen molar-refractivity contribution in [3.05, 3.63) is 0 Å². The first-order valence-electron chi connectivity index (χ1n) is 7.18. The van der Waals surface area contributed by atoms with Crippen molar-refractivity contribution in [2.24, 2.45) is 5.92 Å². The Balaban J connectivity index is 2.44. The maximum atomic E-state index is 12.2. The van der Waals surface area contributed by atoms with Gasteiger partial charge >= 0.3 is 5.97 Å². The van der Waals surface area contributed by atoms with Crippen LogP contribution in [0, 0.1) is 5.92 Å². The topological polar surface area (TPSA) is 81.1 Å². The number of nitrogens with zero attached hydrogens (tertiary/aromatic N) is 2. The fourth-order valence-electron chi connectivity index (χ4n) is 2.49. The maximum Gasteiger partial charge on any atom is 0.306 e. The molecular formula is C14H26N2O4. The number of likely N-dealkylation sites (N-methyl/N-ethyl adjacent to an activating group) is 1. The number of carbonyl (C=O) groups excluding carboxylic acids is 1. The van der Waals surface area contributed by atoms with Crippen molar-refractivity contribution < 1.29 is 19.8 Å². The Morgan fingerprint density at radius 2 is 1.85 bits per heavy atom. The molecule has 1 heterocycles. The second-order valence-corrected chi connectivity index (χ2v) is 6.11. The predicted molar refractivity (Wildman–Crippen MR) is 75.4 cm³/mol. The average molecular weight is 286 g/mol. The molecule has 0 bridgehead atoms. The van der Waals surface area contributed by atoms with E-state index in [1.165, 1.54) is 0 Å². The Bertz CT molecular complexity index is 344. The van der Waals surface area contributed by atoms with Crippen molar-refractivity contribution >= 4 is 11.9 Å². The van der Waals surface area contributed by atoms with Gasteiger partial charge in [-0.3, -0.25) is 14.5 Å². The van der Waals surface area contributed by atoms with Crippen molar-refractivity contribution in [3.8, 4) is 0 Å². The number of likely N-dealkylation sites (tertiary alicyclic amines) is 1. The fourth-order valence-corrected chi connectivity index (χ4v) is 2.49. The predicted octanol–water partition coefficient (Wildman–Crippen LogP) is 0.402. The molecule has 1 saturated heterocycles. The summed E-state index contributed by atoms with van der Waals surface area (Å²) in [6.45, 7) is 7.83. The molecular weight excluding hydrogens is 260 g/mol. The third-order valence-electron chi connectivity index (χ3n) is 3.61. The van der Waals surface area contributed by atoms with E-state index in [0.29, 0.717) is 39.0 Å². The van der Waals surface area contributed by atoms with Gasteiger partial charge in [0.05, 0.1) is 18.1 Å². The van der Waals surface area contributed by atoms with Gasteiger partial charge in [-0.1, -0.05) is 6.92 Å². The highest BCUT2D eigenvalue weighted by Gasteiger charge is 2.28. The van der Waals surface area contributed by atoms with Crippen LogP contribution in [0.3, 0.4) is 0 Å². The van der Waals surface area contributed by atoms with Gasteiger partial charge in [-0.2, -0.15) is 0 Å². The van der Waals surface area contributed by atoms with Crippen LogP contribution in [-0.4, -0.2) is 70.2 Å². The molecule has 0 aromatic rings. The lowest BCUT2D eigenvalue weighted by Crippen LogP contribution is -2.47. The summed E-state index contributed by atoms with van der Waals surface area (Å²) in [5, 5.41) is 18.7. The van der Waals surface area contributed by atoms with Crippen LogP contribution in [-0.2, 0) is 9.59 Å². The monoisotopic (exact) mass is 286 g/mol. The maximum absolute atomic E-state index is 12.2. The van der Waals surface area contributed by atoms with Crippen LogP contribution < -0.4 is 0 Å². The molecule has 1 aliphatic rings. The molecule has 116 valence electrons. The minimum Gasteiger partial charge on any atom is -0.481 e. The summed E-state index contributed by atoms with van der Waals surface area (Å²) in [5.74, 6) is -1.08. The highest BCUT2D eigenvalue weighted by atomic mass is 16.4. The summed E-state index contributed by atoms with van der Waals surface area (Å²) in [6.07, 6.45) is 1.05. The molecule has 1 amide bonds.